The van der Waals surface area contributed by atoms with Gasteiger partial charge in [0.1, 0.15) is 10.6 Å². The molecule has 0 radical (unpaired) electrons. The molecule has 8 heteroatoms. The van der Waals surface area contributed by atoms with Crippen molar-refractivity contribution in [1.29, 1.82) is 0 Å². The van der Waals surface area contributed by atoms with E-state index in [9.17, 15) is 0 Å². The Hall–Kier alpha value is -2.03. The van der Waals surface area contributed by atoms with Gasteiger partial charge in [-0.2, -0.15) is 0 Å². The minimum Gasteiger partial charge on any atom is -0.454 e. The highest BCUT2D eigenvalue weighted by Crippen LogP contribution is 2.41. The Kier molecular flexibility index (Phi) is 3.96. The van der Waals surface area contributed by atoms with Crippen molar-refractivity contribution in [3.8, 4) is 11.5 Å². The van der Waals surface area contributed by atoms with E-state index in [4.69, 9.17) is 24.9 Å². The van der Waals surface area contributed by atoms with Crippen LogP contribution in [0.3, 0.4) is 0 Å². The molecule has 5 rings (SSSR count). The number of nitrogen functional groups attached to an aromatic ring is 1. The molecule has 0 spiro atoms. The van der Waals surface area contributed by atoms with Crippen molar-refractivity contribution in [1.82, 2.24) is 9.97 Å². The molecule has 2 aliphatic heterocycles. The Morgan fingerprint density at radius 3 is 2.96 bits per heavy atom. The molecule has 0 fully saturated rings. The van der Waals surface area contributed by atoms with Gasteiger partial charge in [0.05, 0.1) is 17.6 Å². The zero-order valence-corrected chi connectivity index (χ0v) is 16.7. The Morgan fingerprint density at radius 2 is 2.07 bits per heavy atom. The largest absolute Gasteiger partial charge is 0.454 e. The van der Waals surface area contributed by atoms with Crippen LogP contribution in [0.25, 0.3) is 10.2 Å². The summed E-state index contributed by atoms with van der Waals surface area (Å²) in [6.07, 6.45) is 0.833. The first-order chi connectivity index (χ1) is 13.0. The lowest BCUT2D eigenvalue weighted by molar-refractivity contribution is -0.0379. The van der Waals surface area contributed by atoms with E-state index in [0.717, 1.165) is 39.5 Å². The van der Waals surface area contributed by atoms with E-state index in [2.05, 4.69) is 18.8 Å². The number of thiophene rings is 1. The van der Waals surface area contributed by atoms with E-state index in [1.165, 1.54) is 10.4 Å². The number of fused-ring (bicyclic) bond motifs is 4. The highest BCUT2D eigenvalue weighted by Gasteiger charge is 2.30. The normalized spacial score (nSPS) is 17.3. The predicted molar refractivity (Wildman–Crippen MR) is 107 cm³/mol. The number of thioether (sulfide) groups is 1. The Balaban J connectivity index is 1.42. The number of hydrogen-bond acceptors (Lipinski definition) is 8. The van der Waals surface area contributed by atoms with Gasteiger partial charge in [-0.1, -0.05) is 17.8 Å². The van der Waals surface area contributed by atoms with Crippen molar-refractivity contribution in [2.45, 2.75) is 43.4 Å². The van der Waals surface area contributed by atoms with Crippen LogP contribution >= 0.6 is 23.1 Å². The molecule has 0 amide bonds. The minimum atomic E-state index is -0.180. The molecule has 0 saturated heterocycles. The molecule has 2 aliphatic rings. The summed E-state index contributed by atoms with van der Waals surface area (Å²) in [5.74, 6) is 2.88. The van der Waals surface area contributed by atoms with Crippen LogP contribution in [0.15, 0.2) is 23.4 Å². The number of rotatable bonds is 3. The molecule has 0 bridgehead atoms. The fourth-order valence-corrected chi connectivity index (χ4v) is 5.36. The summed E-state index contributed by atoms with van der Waals surface area (Å²) in [6.45, 7) is 5.10. The first kappa shape index (κ1) is 17.1. The molecule has 0 aliphatic carbocycles. The van der Waals surface area contributed by atoms with Gasteiger partial charge in [-0.25, -0.2) is 9.97 Å². The second-order valence-corrected chi connectivity index (χ2v) is 9.30. The third-order valence-corrected chi connectivity index (χ3v) is 6.76. The molecular formula is C19H19N3O3S2. The molecule has 0 unspecified atom stereocenters. The topological polar surface area (TPSA) is 79.5 Å². The molecule has 0 atom stereocenters. The average Bonchev–Trinajstić information content (AvgIpc) is 3.22. The molecule has 140 valence electrons. The lowest BCUT2D eigenvalue weighted by Gasteiger charge is -2.30. The predicted octanol–water partition coefficient (Wildman–Crippen LogP) is 4.15. The molecule has 27 heavy (non-hydrogen) atoms. The van der Waals surface area contributed by atoms with Crippen LogP contribution in [0.1, 0.15) is 29.9 Å². The molecule has 4 heterocycles. The summed E-state index contributed by atoms with van der Waals surface area (Å²) in [6, 6.07) is 5.97. The van der Waals surface area contributed by atoms with Crippen LogP contribution in [0.5, 0.6) is 11.5 Å². The van der Waals surface area contributed by atoms with Crippen molar-refractivity contribution >= 4 is 39.1 Å². The second-order valence-electron chi connectivity index (χ2n) is 7.28. The monoisotopic (exact) mass is 401 g/mol. The van der Waals surface area contributed by atoms with E-state index in [0.29, 0.717) is 17.6 Å². The molecule has 1 aromatic carbocycles. The third kappa shape index (κ3) is 3.11. The molecule has 2 aromatic heterocycles. The summed E-state index contributed by atoms with van der Waals surface area (Å²) in [4.78, 5) is 11.5. The maximum absolute atomic E-state index is 6.32. The molecule has 2 N–H and O–H groups in total. The van der Waals surface area contributed by atoms with Gasteiger partial charge in [0.25, 0.3) is 0 Å². The number of ether oxygens (including phenoxy) is 3. The first-order valence-corrected chi connectivity index (χ1v) is 10.5. The Morgan fingerprint density at radius 1 is 1.22 bits per heavy atom. The maximum Gasteiger partial charge on any atom is 0.231 e. The van der Waals surface area contributed by atoms with Crippen LogP contribution in [0.2, 0.25) is 0 Å². The van der Waals surface area contributed by atoms with Gasteiger partial charge in [-0.15, -0.1) is 11.3 Å². The van der Waals surface area contributed by atoms with E-state index < -0.39 is 0 Å². The molecule has 0 saturated carbocycles. The van der Waals surface area contributed by atoms with Crippen molar-refractivity contribution in [3.63, 3.8) is 0 Å². The van der Waals surface area contributed by atoms with Gasteiger partial charge in [0.15, 0.2) is 16.7 Å². The van der Waals surface area contributed by atoms with E-state index in [-0.39, 0.29) is 12.4 Å². The van der Waals surface area contributed by atoms with Gasteiger partial charge in [0.2, 0.25) is 6.79 Å². The van der Waals surface area contributed by atoms with E-state index >= 15 is 0 Å². The lowest BCUT2D eigenvalue weighted by atomic mass is 9.94. The number of nitrogens with zero attached hydrogens (tertiary/aromatic N) is 2. The van der Waals surface area contributed by atoms with Crippen molar-refractivity contribution in [3.05, 3.63) is 34.2 Å². The fourth-order valence-electron chi connectivity index (χ4n) is 3.40. The molecular weight excluding hydrogens is 382 g/mol. The maximum atomic E-state index is 6.32. The van der Waals surface area contributed by atoms with Gasteiger partial charge in [0, 0.05) is 17.1 Å². The zero-order chi connectivity index (χ0) is 18.6. The van der Waals surface area contributed by atoms with Crippen molar-refractivity contribution < 1.29 is 14.2 Å². The number of benzene rings is 1. The average molecular weight is 402 g/mol. The fraction of sp³-hybridized carbons (Fsp3) is 0.368. The summed E-state index contributed by atoms with van der Waals surface area (Å²) < 4.78 is 16.7. The van der Waals surface area contributed by atoms with Gasteiger partial charge in [-0.05, 0) is 37.1 Å². The standard InChI is InChI=1S/C19H19N3O3S2/c1-19(2)6-11-14(7-25-19)27-17-15(11)16(20)21-18(22-17)26-8-10-3-4-12-13(5-10)24-9-23-12/h3-5H,6-9H2,1-2H3,(H2,20,21,22). The Labute approximate surface area is 165 Å². The number of hydrogen-bond donors (Lipinski definition) is 1. The van der Waals surface area contributed by atoms with E-state index in [1.807, 2.05) is 18.2 Å². The SMILES string of the molecule is CC1(C)Cc2c(sc3nc(SCc4ccc5c(c4)OCO5)nc(N)c23)CO1. The Bertz CT molecular complexity index is 1050. The van der Waals surface area contributed by atoms with Gasteiger partial charge < -0.3 is 19.9 Å². The smallest absolute Gasteiger partial charge is 0.231 e. The van der Waals surface area contributed by atoms with Crippen LogP contribution in [0, 0.1) is 0 Å². The van der Waals surface area contributed by atoms with E-state index in [1.54, 1.807) is 23.1 Å². The summed E-state index contributed by atoms with van der Waals surface area (Å²) >= 11 is 3.23. The first-order valence-electron chi connectivity index (χ1n) is 8.71. The van der Waals surface area contributed by atoms with Gasteiger partial charge >= 0.3 is 0 Å². The zero-order valence-electron chi connectivity index (χ0n) is 15.1. The van der Waals surface area contributed by atoms with Crippen LogP contribution in [0.4, 0.5) is 5.82 Å². The quantitative estimate of drug-likeness (QED) is 0.522. The third-order valence-electron chi connectivity index (χ3n) is 4.74. The number of nitrogens with two attached hydrogens (primary N) is 1. The highest BCUT2D eigenvalue weighted by atomic mass is 32.2. The van der Waals surface area contributed by atoms with Crippen molar-refractivity contribution in [2.75, 3.05) is 12.5 Å². The summed E-state index contributed by atoms with van der Waals surface area (Å²) in [5, 5.41) is 1.69. The number of aromatic nitrogens is 2. The minimum absolute atomic E-state index is 0.180. The lowest BCUT2D eigenvalue weighted by Crippen LogP contribution is -2.31. The molecule has 3 aromatic rings. The van der Waals surface area contributed by atoms with Crippen LogP contribution < -0.4 is 15.2 Å². The van der Waals surface area contributed by atoms with Crippen molar-refractivity contribution in [2.24, 2.45) is 0 Å². The second kappa shape index (κ2) is 6.25. The van der Waals surface area contributed by atoms with Crippen LogP contribution in [-0.4, -0.2) is 22.4 Å². The molecule has 6 nitrogen and oxygen atoms in total. The number of anilines is 1. The highest BCUT2D eigenvalue weighted by molar-refractivity contribution is 7.98. The summed E-state index contributed by atoms with van der Waals surface area (Å²) in [5.41, 5.74) is 8.52. The van der Waals surface area contributed by atoms with Gasteiger partial charge in [-0.3, -0.25) is 0 Å². The summed E-state index contributed by atoms with van der Waals surface area (Å²) in [7, 11) is 0. The van der Waals surface area contributed by atoms with Crippen LogP contribution in [-0.2, 0) is 23.5 Å².